The van der Waals surface area contributed by atoms with Crippen LogP contribution in [0, 0.1) is 5.92 Å². The zero-order valence-corrected chi connectivity index (χ0v) is 12.7. The first kappa shape index (κ1) is 15.9. The van der Waals surface area contributed by atoms with E-state index >= 15 is 0 Å². The number of anilines is 1. The summed E-state index contributed by atoms with van der Waals surface area (Å²) in [5.74, 6) is 2.02. The van der Waals surface area contributed by atoms with E-state index in [0.717, 1.165) is 37.4 Å². The Kier molecular flexibility index (Phi) is 5.70. The molecule has 116 valence electrons. The van der Waals surface area contributed by atoms with Crippen molar-refractivity contribution in [2.24, 2.45) is 5.92 Å². The molecule has 0 bridgehead atoms. The summed E-state index contributed by atoms with van der Waals surface area (Å²) < 4.78 is 11.0. The van der Waals surface area contributed by atoms with Crippen LogP contribution in [0.25, 0.3) is 0 Å². The molecule has 0 spiro atoms. The summed E-state index contributed by atoms with van der Waals surface area (Å²) in [6.07, 6.45) is 2.75. The third-order valence-electron chi connectivity index (χ3n) is 3.76. The Morgan fingerprint density at radius 2 is 1.90 bits per heavy atom. The number of nitrogens with one attached hydrogen (secondary N) is 2. The van der Waals surface area contributed by atoms with Gasteiger partial charge in [-0.1, -0.05) is 0 Å². The highest BCUT2D eigenvalue weighted by Crippen LogP contribution is 2.32. The normalized spacial score (nSPS) is 17.7. The van der Waals surface area contributed by atoms with E-state index in [1.165, 1.54) is 0 Å². The van der Waals surface area contributed by atoms with Crippen LogP contribution in [0.3, 0.4) is 0 Å². The van der Waals surface area contributed by atoms with Crippen LogP contribution in [-0.2, 0) is 4.79 Å². The average Bonchev–Trinajstić information content (AvgIpc) is 2.48. The lowest BCUT2D eigenvalue weighted by molar-refractivity contribution is -0.117. The minimum absolute atomic E-state index is 0. The first-order chi connectivity index (χ1) is 9.81. The fourth-order valence-electron chi connectivity index (χ4n) is 2.68. The van der Waals surface area contributed by atoms with E-state index in [2.05, 4.69) is 10.6 Å². The Bertz CT molecular complexity index is 490. The van der Waals surface area contributed by atoms with Gasteiger partial charge in [0.05, 0.1) is 0 Å². The van der Waals surface area contributed by atoms with Gasteiger partial charge in [0, 0.05) is 18.2 Å². The van der Waals surface area contributed by atoms with Crippen molar-refractivity contribution < 1.29 is 14.3 Å². The number of amides is 1. The third kappa shape index (κ3) is 4.25. The van der Waals surface area contributed by atoms with Crippen LogP contribution >= 0.6 is 12.4 Å². The number of carbonyl (C=O) groups excluding carboxylic acids is 1. The van der Waals surface area contributed by atoms with Crippen molar-refractivity contribution in [3.63, 3.8) is 0 Å². The highest BCUT2D eigenvalue weighted by molar-refractivity contribution is 5.91. The number of fused-ring (bicyclic) bond motifs is 1. The Hall–Kier alpha value is -1.46. The van der Waals surface area contributed by atoms with E-state index in [1.807, 2.05) is 18.2 Å². The summed E-state index contributed by atoms with van der Waals surface area (Å²) in [5.41, 5.74) is 0.771. The Morgan fingerprint density at radius 3 is 2.67 bits per heavy atom. The van der Waals surface area contributed by atoms with Crippen LogP contribution < -0.4 is 20.1 Å². The number of benzene rings is 1. The van der Waals surface area contributed by atoms with E-state index in [9.17, 15) is 4.79 Å². The molecule has 21 heavy (non-hydrogen) atoms. The predicted molar refractivity (Wildman–Crippen MR) is 83.5 cm³/mol. The largest absolute Gasteiger partial charge is 0.486 e. The van der Waals surface area contributed by atoms with E-state index < -0.39 is 0 Å². The maximum Gasteiger partial charge on any atom is 0.224 e. The minimum Gasteiger partial charge on any atom is -0.486 e. The molecule has 3 rings (SSSR count). The molecule has 0 atom stereocenters. The molecule has 1 saturated heterocycles. The van der Waals surface area contributed by atoms with E-state index in [0.29, 0.717) is 31.3 Å². The number of carbonyl (C=O) groups is 1. The second-order valence-electron chi connectivity index (χ2n) is 5.30. The molecule has 0 radical (unpaired) electrons. The quantitative estimate of drug-likeness (QED) is 0.898. The van der Waals surface area contributed by atoms with Crippen molar-refractivity contribution in [3.8, 4) is 11.5 Å². The standard InChI is InChI=1S/C15H20N2O3.ClH/c18-15(9-11-3-5-16-6-4-11)17-12-1-2-13-14(10-12)20-8-7-19-13;/h1-2,10-11,16H,3-9H2,(H,17,18);1H. The lowest BCUT2D eigenvalue weighted by atomic mass is 9.94. The molecule has 5 nitrogen and oxygen atoms in total. The Labute approximate surface area is 130 Å². The number of hydrogen-bond donors (Lipinski definition) is 2. The number of hydrogen-bond acceptors (Lipinski definition) is 4. The smallest absolute Gasteiger partial charge is 0.224 e. The van der Waals surface area contributed by atoms with Gasteiger partial charge < -0.3 is 20.1 Å². The number of rotatable bonds is 3. The average molecular weight is 313 g/mol. The SMILES string of the molecule is Cl.O=C(CC1CCNCC1)Nc1ccc2c(c1)OCCO2. The van der Waals surface area contributed by atoms with Crippen LogP contribution in [0.4, 0.5) is 5.69 Å². The fourth-order valence-corrected chi connectivity index (χ4v) is 2.68. The molecular formula is C15H21ClN2O3. The van der Waals surface area contributed by atoms with Gasteiger partial charge in [0.15, 0.2) is 11.5 Å². The molecule has 0 aliphatic carbocycles. The molecule has 2 N–H and O–H groups in total. The van der Waals surface area contributed by atoms with Crippen molar-refractivity contribution in [2.75, 3.05) is 31.6 Å². The second-order valence-corrected chi connectivity index (χ2v) is 5.30. The minimum atomic E-state index is 0. The maximum absolute atomic E-state index is 12.0. The second kappa shape index (κ2) is 7.52. The summed E-state index contributed by atoms with van der Waals surface area (Å²) in [6.45, 7) is 3.16. The van der Waals surface area contributed by atoms with Crippen LogP contribution in [0.15, 0.2) is 18.2 Å². The van der Waals surface area contributed by atoms with Gasteiger partial charge in [-0.2, -0.15) is 0 Å². The van der Waals surface area contributed by atoms with Gasteiger partial charge in [0.25, 0.3) is 0 Å². The molecule has 1 fully saturated rings. The van der Waals surface area contributed by atoms with Crippen LogP contribution in [-0.4, -0.2) is 32.2 Å². The monoisotopic (exact) mass is 312 g/mol. The Morgan fingerprint density at radius 1 is 1.19 bits per heavy atom. The molecule has 1 aromatic carbocycles. The van der Waals surface area contributed by atoms with Gasteiger partial charge >= 0.3 is 0 Å². The molecule has 2 aliphatic rings. The molecule has 1 amide bonds. The van der Waals surface area contributed by atoms with Gasteiger partial charge in [-0.25, -0.2) is 0 Å². The van der Waals surface area contributed by atoms with Crippen molar-refractivity contribution in [3.05, 3.63) is 18.2 Å². The first-order valence-electron chi connectivity index (χ1n) is 7.21. The number of piperidine rings is 1. The van der Waals surface area contributed by atoms with E-state index in [-0.39, 0.29) is 18.3 Å². The first-order valence-corrected chi connectivity index (χ1v) is 7.21. The summed E-state index contributed by atoms with van der Waals surface area (Å²) in [7, 11) is 0. The third-order valence-corrected chi connectivity index (χ3v) is 3.76. The van der Waals surface area contributed by atoms with Gasteiger partial charge in [0.2, 0.25) is 5.91 Å². The Balaban J connectivity index is 0.00000161. The van der Waals surface area contributed by atoms with Crippen LogP contribution in [0.1, 0.15) is 19.3 Å². The summed E-state index contributed by atoms with van der Waals surface area (Å²) in [6, 6.07) is 5.53. The predicted octanol–water partition coefficient (Wildman–Crippen LogP) is 2.21. The van der Waals surface area contributed by atoms with Crippen LogP contribution in [0.5, 0.6) is 11.5 Å². The van der Waals surface area contributed by atoms with Crippen LogP contribution in [0.2, 0.25) is 0 Å². The van der Waals surface area contributed by atoms with Crippen molar-refractivity contribution in [2.45, 2.75) is 19.3 Å². The number of halogens is 1. The van der Waals surface area contributed by atoms with Crippen molar-refractivity contribution >= 4 is 24.0 Å². The molecule has 1 aromatic rings. The maximum atomic E-state index is 12.0. The van der Waals surface area contributed by atoms with Gasteiger partial charge in [-0.05, 0) is 44.0 Å². The zero-order valence-electron chi connectivity index (χ0n) is 11.9. The van der Waals surface area contributed by atoms with Crippen molar-refractivity contribution in [1.82, 2.24) is 5.32 Å². The number of ether oxygens (including phenoxy) is 2. The molecule has 0 unspecified atom stereocenters. The summed E-state index contributed by atoms with van der Waals surface area (Å²) in [4.78, 5) is 12.0. The fraction of sp³-hybridized carbons (Fsp3) is 0.533. The zero-order chi connectivity index (χ0) is 13.8. The summed E-state index contributed by atoms with van der Waals surface area (Å²) >= 11 is 0. The topological polar surface area (TPSA) is 59.6 Å². The molecule has 0 aromatic heterocycles. The molecule has 2 heterocycles. The highest BCUT2D eigenvalue weighted by atomic mass is 35.5. The van der Waals surface area contributed by atoms with E-state index in [4.69, 9.17) is 9.47 Å². The molecular weight excluding hydrogens is 292 g/mol. The highest BCUT2D eigenvalue weighted by Gasteiger charge is 2.17. The van der Waals surface area contributed by atoms with Gasteiger partial charge in [-0.3, -0.25) is 4.79 Å². The molecule has 6 heteroatoms. The molecule has 2 aliphatic heterocycles. The lowest BCUT2D eigenvalue weighted by Gasteiger charge is -2.22. The van der Waals surface area contributed by atoms with Crippen molar-refractivity contribution in [1.29, 1.82) is 0 Å². The van der Waals surface area contributed by atoms with Gasteiger partial charge in [-0.15, -0.1) is 12.4 Å². The molecule has 0 saturated carbocycles. The lowest BCUT2D eigenvalue weighted by Crippen LogP contribution is -2.30. The van der Waals surface area contributed by atoms with Gasteiger partial charge in [0.1, 0.15) is 13.2 Å². The summed E-state index contributed by atoms with van der Waals surface area (Å²) in [5, 5.41) is 6.25. The van der Waals surface area contributed by atoms with E-state index in [1.54, 1.807) is 0 Å².